The van der Waals surface area contributed by atoms with Gasteiger partial charge < -0.3 is 0 Å². The second-order valence-electron chi connectivity index (χ2n) is 9.96. The minimum atomic E-state index is 0.646. The lowest BCUT2D eigenvalue weighted by atomic mass is 9.92. The monoisotopic (exact) mass is 510 g/mol. The minimum Gasteiger partial charge on any atom is -0.264 e. The molecule has 0 atom stereocenters. The smallest absolute Gasteiger partial charge is 0.164 e. The van der Waals surface area contributed by atoms with Crippen molar-refractivity contribution in [3.05, 3.63) is 134 Å². The Bertz CT molecular complexity index is 2120. The van der Waals surface area contributed by atoms with Crippen molar-refractivity contribution in [3.63, 3.8) is 0 Å². The van der Waals surface area contributed by atoms with Crippen LogP contribution in [-0.4, -0.2) is 19.9 Å². The maximum atomic E-state index is 5.05. The first-order valence-corrected chi connectivity index (χ1v) is 13.3. The fourth-order valence-corrected chi connectivity index (χ4v) is 5.62. The molecule has 4 nitrogen and oxygen atoms in total. The van der Waals surface area contributed by atoms with Crippen LogP contribution in [0.25, 0.3) is 77.6 Å². The van der Waals surface area contributed by atoms with Crippen LogP contribution in [0.5, 0.6) is 0 Å². The molecule has 0 aliphatic rings. The van der Waals surface area contributed by atoms with Gasteiger partial charge in [0.05, 0.1) is 0 Å². The first kappa shape index (κ1) is 22.5. The summed E-state index contributed by atoms with van der Waals surface area (Å²) >= 11 is 0. The minimum absolute atomic E-state index is 0.646. The lowest BCUT2D eigenvalue weighted by molar-refractivity contribution is 1.08. The van der Waals surface area contributed by atoms with E-state index in [4.69, 9.17) is 15.0 Å². The normalized spacial score (nSPS) is 11.5. The molecule has 0 bridgehead atoms. The van der Waals surface area contributed by atoms with E-state index in [1.165, 1.54) is 26.9 Å². The molecule has 0 saturated heterocycles. The van der Waals surface area contributed by atoms with Crippen molar-refractivity contribution in [1.29, 1.82) is 0 Å². The molecule has 2 heterocycles. The Morgan fingerprint density at radius 2 is 0.975 bits per heavy atom. The Morgan fingerprint density at radius 3 is 1.70 bits per heavy atom. The SMILES string of the molecule is c1ccc(-c2nc(-c3ccc(-c4cccnc4)cc3)nc(-c3ccc4ccc5cccc6ccc3c4c56)n2)cc1. The summed E-state index contributed by atoms with van der Waals surface area (Å²) in [5.74, 6) is 1.97. The van der Waals surface area contributed by atoms with Gasteiger partial charge in [-0.3, -0.25) is 4.98 Å². The lowest BCUT2D eigenvalue weighted by Crippen LogP contribution is -2.00. The summed E-state index contributed by atoms with van der Waals surface area (Å²) in [6, 6.07) is 42.0. The maximum absolute atomic E-state index is 5.05. The van der Waals surface area contributed by atoms with Crippen LogP contribution in [-0.2, 0) is 0 Å². The Balaban J connectivity index is 1.34. The largest absolute Gasteiger partial charge is 0.264 e. The molecular weight excluding hydrogens is 488 g/mol. The molecule has 0 radical (unpaired) electrons. The average molecular weight is 511 g/mol. The molecule has 0 N–H and O–H groups in total. The second kappa shape index (κ2) is 9.07. The van der Waals surface area contributed by atoms with Gasteiger partial charge in [0, 0.05) is 29.1 Å². The molecule has 0 aliphatic heterocycles. The number of rotatable bonds is 4. The fraction of sp³-hybridized carbons (Fsp3) is 0. The zero-order valence-electron chi connectivity index (χ0n) is 21.5. The van der Waals surface area contributed by atoms with Gasteiger partial charge in [-0.05, 0) is 55.6 Å². The first-order valence-electron chi connectivity index (χ1n) is 13.3. The van der Waals surface area contributed by atoms with E-state index in [1.54, 1.807) is 6.20 Å². The Hall–Kier alpha value is -5.48. The van der Waals surface area contributed by atoms with Crippen molar-refractivity contribution in [1.82, 2.24) is 19.9 Å². The van der Waals surface area contributed by atoms with Crippen molar-refractivity contribution < 1.29 is 0 Å². The quantitative estimate of drug-likeness (QED) is 0.222. The van der Waals surface area contributed by atoms with Crippen LogP contribution >= 0.6 is 0 Å². The summed E-state index contributed by atoms with van der Waals surface area (Å²) < 4.78 is 0. The van der Waals surface area contributed by atoms with Gasteiger partial charge in [-0.15, -0.1) is 0 Å². The predicted molar refractivity (Wildman–Crippen MR) is 163 cm³/mol. The van der Waals surface area contributed by atoms with E-state index in [9.17, 15) is 0 Å². The van der Waals surface area contributed by atoms with Gasteiger partial charge in [0.25, 0.3) is 0 Å². The highest BCUT2D eigenvalue weighted by atomic mass is 15.0. The summed E-state index contributed by atoms with van der Waals surface area (Å²) in [6.07, 6.45) is 3.66. The van der Waals surface area contributed by atoms with Crippen molar-refractivity contribution >= 4 is 32.3 Å². The van der Waals surface area contributed by atoms with E-state index in [2.05, 4.69) is 89.9 Å². The molecule has 6 aromatic carbocycles. The zero-order chi connectivity index (χ0) is 26.5. The lowest BCUT2D eigenvalue weighted by Gasteiger charge is -2.14. The predicted octanol–water partition coefficient (Wildman–Crippen LogP) is 8.83. The van der Waals surface area contributed by atoms with E-state index in [0.29, 0.717) is 17.5 Å². The molecule has 8 aromatic rings. The van der Waals surface area contributed by atoms with Crippen LogP contribution in [0.1, 0.15) is 0 Å². The highest BCUT2D eigenvalue weighted by molar-refractivity contribution is 6.25. The molecule has 0 aliphatic carbocycles. The van der Waals surface area contributed by atoms with Crippen molar-refractivity contribution in [2.45, 2.75) is 0 Å². The standard InChI is InChI=1S/C36H22N4/c1-2-6-27(7-3-1)34-38-35(28-15-11-23(12-16-28)29-10-5-21-37-22-29)40-36(39-34)31-20-18-26-14-13-24-8-4-9-25-17-19-30(31)33(26)32(24)25/h1-22H. The summed E-state index contributed by atoms with van der Waals surface area (Å²) in [5, 5.41) is 7.36. The summed E-state index contributed by atoms with van der Waals surface area (Å²) in [5.41, 5.74) is 5.06. The van der Waals surface area contributed by atoms with Crippen molar-refractivity contribution in [3.8, 4) is 45.3 Å². The summed E-state index contributed by atoms with van der Waals surface area (Å²) in [4.78, 5) is 19.2. The van der Waals surface area contributed by atoms with Crippen LogP contribution in [0.3, 0.4) is 0 Å². The number of nitrogens with zero attached hydrogens (tertiary/aromatic N) is 4. The van der Waals surface area contributed by atoms with Crippen LogP contribution in [0.15, 0.2) is 134 Å². The third kappa shape index (κ3) is 3.69. The molecule has 0 saturated carbocycles. The molecular formula is C36H22N4. The molecule has 0 amide bonds. The molecule has 0 unspecified atom stereocenters. The number of hydrogen-bond acceptors (Lipinski definition) is 4. The third-order valence-electron chi connectivity index (χ3n) is 7.57. The van der Waals surface area contributed by atoms with Gasteiger partial charge >= 0.3 is 0 Å². The number of benzene rings is 6. The van der Waals surface area contributed by atoms with E-state index in [0.717, 1.165) is 33.2 Å². The van der Waals surface area contributed by atoms with Crippen LogP contribution < -0.4 is 0 Å². The topological polar surface area (TPSA) is 51.6 Å². The molecule has 0 fully saturated rings. The Labute approximate surface area is 231 Å². The molecule has 4 heteroatoms. The number of aromatic nitrogens is 4. The van der Waals surface area contributed by atoms with E-state index >= 15 is 0 Å². The van der Waals surface area contributed by atoms with Crippen LogP contribution in [0.4, 0.5) is 0 Å². The van der Waals surface area contributed by atoms with Crippen LogP contribution in [0, 0.1) is 0 Å². The summed E-state index contributed by atoms with van der Waals surface area (Å²) in [6.45, 7) is 0. The maximum Gasteiger partial charge on any atom is 0.164 e. The van der Waals surface area contributed by atoms with Gasteiger partial charge in [0.1, 0.15) is 0 Å². The van der Waals surface area contributed by atoms with Gasteiger partial charge in [-0.2, -0.15) is 0 Å². The van der Waals surface area contributed by atoms with Crippen LogP contribution in [0.2, 0.25) is 0 Å². The summed E-state index contributed by atoms with van der Waals surface area (Å²) in [7, 11) is 0. The molecule has 2 aromatic heterocycles. The van der Waals surface area contributed by atoms with Gasteiger partial charge in [0.2, 0.25) is 0 Å². The van der Waals surface area contributed by atoms with Crippen molar-refractivity contribution in [2.24, 2.45) is 0 Å². The van der Waals surface area contributed by atoms with E-state index in [-0.39, 0.29) is 0 Å². The number of pyridine rings is 1. The third-order valence-corrected chi connectivity index (χ3v) is 7.57. The second-order valence-corrected chi connectivity index (χ2v) is 9.96. The Morgan fingerprint density at radius 1 is 0.375 bits per heavy atom. The zero-order valence-corrected chi connectivity index (χ0v) is 21.5. The van der Waals surface area contributed by atoms with Gasteiger partial charge in [-0.1, -0.05) is 109 Å². The fourth-order valence-electron chi connectivity index (χ4n) is 5.62. The van der Waals surface area contributed by atoms with E-state index in [1.807, 2.05) is 42.6 Å². The molecule has 186 valence electrons. The highest BCUT2D eigenvalue weighted by Crippen LogP contribution is 2.39. The molecule has 8 rings (SSSR count). The van der Waals surface area contributed by atoms with E-state index < -0.39 is 0 Å². The first-order chi connectivity index (χ1) is 19.8. The van der Waals surface area contributed by atoms with Crippen molar-refractivity contribution in [2.75, 3.05) is 0 Å². The highest BCUT2D eigenvalue weighted by Gasteiger charge is 2.17. The van der Waals surface area contributed by atoms with Gasteiger partial charge in [-0.25, -0.2) is 15.0 Å². The molecule has 0 spiro atoms. The Kier molecular flexibility index (Phi) is 5.10. The molecule has 40 heavy (non-hydrogen) atoms. The average Bonchev–Trinajstić information content (AvgIpc) is 3.04. The van der Waals surface area contributed by atoms with Gasteiger partial charge in [0.15, 0.2) is 17.5 Å². The number of hydrogen-bond donors (Lipinski definition) is 0.